The van der Waals surface area contributed by atoms with Gasteiger partial charge in [0.25, 0.3) is 0 Å². The SMILES string of the molecule is C#CCOC(=O)NCCOCCOCCC. The summed E-state index contributed by atoms with van der Waals surface area (Å²) in [6.45, 7) is 4.72. The van der Waals surface area contributed by atoms with Crippen molar-refractivity contribution in [1.29, 1.82) is 0 Å². The molecule has 0 bridgehead atoms. The lowest BCUT2D eigenvalue weighted by atomic mass is 10.5. The Morgan fingerprint density at radius 2 is 1.94 bits per heavy atom. The minimum absolute atomic E-state index is 0.0163. The van der Waals surface area contributed by atoms with Gasteiger partial charge in [-0.25, -0.2) is 4.79 Å². The van der Waals surface area contributed by atoms with Gasteiger partial charge < -0.3 is 19.5 Å². The molecule has 0 spiro atoms. The molecule has 5 nitrogen and oxygen atoms in total. The minimum Gasteiger partial charge on any atom is -0.436 e. The fraction of sp³-hybridized carbons (Fsp3) is 0.727. The van der Waals surface area contributed by atoms with Gasteiger partial charge in [0, 0.05) is 13.2 Å². The molecule has 0 radical (unpaired) electrons. The number of rotatable bonds is 9. The first-order chi connectivity index (χ1) is 7.81. The fourth-order valence-electron chi connectivity index (χ4n) is 0.850. The van der Waals surface area contributed by atoms with E-state index in [9.17, 15) is 4.79 Å². The van der Waals surface area contributed by atoms with Crippen molar-refractivity contribution in [3.63, 3.8) is 0 Å². The van der Waals surface area contributed by atoms with E-state index in [0.717, 1.165) is 13.0 Å². The number of nitrogens with one attached hydrogen (secondary N) is 1. The van der Waals surface area contributed by atoms with Gasteiger partial charge in [0.15, 0.2) is 6.61 Å². The third-order valence-electron chi connectivity index (χ3n) is 1.52. The van der Waals surface area contributed by atoms with Gasteiger partial charge in [0.05, 0.1) is 19.8 Å². The summed E-state index contributed by atoms with van der Waals surface area (Å²) in [7, 11) is 0. The van der Waals surface area contributed by atoms with Crippen LogP contribution in [-0.4, -0.2) is 45.7 Å². The number of terminal acetylenes is 1. The van der Waals surface area contributed by atoms with Gasteiger partial charge in [-0.2, -0.15) is 0 Å². The Kier molecular flexibility index (Phi) is 10.9. The fourth-order valence-corrected chi connectivity index (χ4v) is 0.850. The number of hydrogen-bond donors (Lipinski definition) is 1. The van der Waals surface area contributed by atoms with E-state index >= 15 is 0 Å². The van der Waals surface area contributed by atoms with E-state index < -0.39 is 6.09 Å². The molecule has 0 saturated carbocycles. The van der Waals surface area contributed by atoms with E-state index in [2.05, 4.69) is 16.0 Å². The molecule has 5 heteroatoms. The van der Waals surface area contributed by atoms with Crippen LogP contribution in [0.15, 0.2) is 0 Å². The minimum atomic E-state index is -0.524. The lowest BCUT2D eigenvalue weighted by Crippen LogP contribution is -2.28. The topological polar surface area (TPSA) is 56.8 Å². The standard InChI is InChI=1S/C11H19NO4/c1-3-6-14-9-10-15-8-5-12-11(13)16-7-4-2/h2H,3,5-10H2,1H3,(H,12,13). The van der Waals surface area contributed by atoms with Crippen LogP contribution in [-0.2, 0) is 14.2 Å². The van der Waals surface area contributed by atoms with Gasteiger partial charge in [-0.3, -0.25) is 0 Å². The molecule has 0 atom stereocenters. The van der Waals surface area contributed by atoms with E-state index in [1.165, 1.54) is 0 Å². The number of alkyl carbamates (subject to hydrolysis) is 1. The predicted octanol–water partition coefficient (Wildman–Crippen LogP) is 0.789. The van der Waals surface area contributed by atoms with Crippen LogP contribution in [0.1, 0.15) is 13.3 Å². The van der Waals surface area contributed by atoms with Gasteiger partial charge in [-0.15, -0.1) is 6.42 Å². The molecule has 0 aromatic heterocycles. The van der Waals surface area contributed by atoms with E-state index in [-0.39, 0.29) is 6.61 Å². The molecule has 0 aromatic rings. The first-order valence-electron chi connectivity index (χ1n) is 5.30. The summed E-state index contributed by atoms with van der Waals surface area (Å²) in [5.41, 5.74) is 0. The first-order valence-corrected chi connectivity index (χ1v) is 5.30. The zero-order valence-corrected chi connectivity index (χ0v) is 9.66. The number of carbonyl (C=O) groups excluding carboxylic acids is 1. The Labute approximate surface area is 96.4 Å². The smallest absolute Gasteiger partial charge is 0.408 e. The van der Waals surface area contributed by atoms with Gasteiger partial charge in [0.1, 0.15) is 0 Å². The van der Waals surface area contributed by atoms with Gasteiger partial charge in [0.2, 0.25) is 0 Å². The third kappa shape index (κ3) is 10.8. The van der Waals surface area contributed by atoms with Crippen LogP contribution >= 0.6 is 0 Å². The first kappa shape index (κ1) is 14.8. The Morgan fingerprint density at radius 1 is 1.25 bits per heavy atom. The van der Waals surface area contributed by atoms with Crippen LogP contribution in [0, 0.1) is 12.3 Å². The third-order valence-corrected chi connectivity index (χ3v) is 1.52. The van der Waals surface area contributed by atoms with Crippen LogP contribution in [0.25, 0.3) is 0 Å². The molecule has 0 aliphatic rings. The molecular formula is C11H19NO4. The molecule has 0 fully saturated rings. The van der Waals surface area contributed by atoms with Gasteiger partial charge >= 0.3 is 6.09 Å². The summed E-state index contributed by atoms with van der Waals surface area (Å²) in [6.07, 6.45) is 5.40. The van der Waals surface area contributed by atoms with Crippen LogP contribution in [0.3, 0.4) is 0 Å². The Balaban J connectivity index is 3.09. The highest BCUT2D eigenvalue weighted by atomic mass is 16.5. The summed E-state index contributed by atoms with van der Waals surface area (Å²) < 4.78 is 15.0. The number of amides is 1. The van der Waals surface area contributed by atoms with E-state index in [0.29, 0.717) is 26.4 Å². The summed E-state index contributed by atoms with van der Waals surface area (Å²) in [6, 6.07) is 0. The summed E-state index contributed by atoms with van der Waals surface area (Å²) in [5.74, 6) is 2.20. The second-order valence-electron chi connectivity index (χ2n) is 2.93. The van der Waals surface area contributed by atoms with Crippen molar-refractivity contribution < 1.29 is 19.0 Å². The monoisotopic (exact) mass is 229 g/mol. The van der Waals surface area contributed by atoms with Crippen molar-refractivity contribution in [2.24, 2.45) is 0 Å². The van der Waals surface area contributed by atoms with Crippen molar-refractivity contribution >= 4 is 6.09 Å². The average Bonchev–Trinajstić information content (AvgIpc) is 2.30. The van der Waals surface area contributed by atoms with Crippen molar-refractivity contribution in [3.05, 3.63) is 0 Å². The normalized spacial score (nSPS) is 9.50. The Hall–Kier alpha value is -1.25. The van der Waals surface area contributed by atoms with Crippen molar-refractivity contribution in [1.82, 2.24) is 5.32 Å². The van der Waals surface area contributed by atoms with Crippen LogP contribution < -0.4 is 5.32 Å². The summed E-state index contributed by atoms with van der Waals surface area (Å²) in [5, 5.41) is 2.50. The molecule has 0 aliphatic heterocycles. The van der Waals surface area contributed by atoms with E-state index in [4.69, 9.17) is 15.9 Å². The molecule has 0 aromatic carbocycles. The molecule has 0 aliphatic carbocycles. The van der Waals surface area contributed by atoms with Crippen LogP contribution in [0.2, 0.25) is 0 Å². The average molecular weight is 229 g/mol. The molecule has 1 N–H and O–H groups in total. The molecule has 0 unspecified atom stereocenters. The second-order valence-corrected chi connectivity index (χ2v) is 2.93. The number of hydrogen-bond acceptors (Lipinski definition) is 4. The largest absolute Gasteiger partial charge is 0.436 e. The number of ether oxygens (including phenoxy) is 3. The van der Waals surface area contributed by atoms with E-state index in [1.54, 1.807) is 0 Å². The molecular weight excluding hydrogens is 210 g/mol. The predicted molar refractivity (Wildman–Crippen MR) is 60.1 cm³/mol. The maximum atomic E-state index is 10.9. The maximum absolute atomic E-state index is 10.9. The quantitative estimate of drug-likeness (QED) is 0.469. The van der Waals surface area contributed by atoms with Crippen LogP contribution in [0.5, 0.6) is 0 Å². The highest BCUT2D eigenvalue weighted by Gasteiger charge is 1.98. The molecule has 0 rings (SSSR count). The van der Waals surface area contributed by atoms with Crippen molar-refractivity contribution in [2.45, 2.75) is 13.3 Å². The molecule has 1 amide bonds. The Bertz CT molecular complexity index is 213. The summed E-state index contributed by atoms with van der Waals surface area (Å²) >= 11 is 0. The zero-order chi connectivity index (χ0) is 12.1. The van der Waals surface area contributed by atoms with Gasteiger partial charge in [-0.05, 0) is 6.42 Å². The van der Waals surface area contributed by atoms with E-state index in [1.807, 2.05) is 6.92 Å². The molecule has 16 heavy (non-hydrogen) atoms. The molecule has 0 saturated heterocycles. The van der Waals surface area contributed by atoms with Crippen molar-refractivity contribution in [2.75, 3.05) is 39.6 Å². The van der Waals surface area contributed by atoms with Gasteiger partial charge in [-0.1, -0.05) is 12.8 Å². The highest BCUT2D eigenvalue weighted by molar-refractivity contribution is 5.67. The second kappa shape index (κ2) is 11.8. The molecule has 0 heterocycles. The number of carbonyl (C=O) groups is 1. The van der Waals surface area contributed by atoms with Crippen LogP contribution in [0.4, 0.5) is 4.79 Å². The Morgan fingerprint density at radius 3 is 2.56 bits per heavy atom. The maximum Gasteiger partial charge on any atom is 0.408 e. The lowest BCUT2D eigenvalue weighted by molar-refractivity contribution is 0.0487. The summed E-state index contributed by atoms with van der Waals surface area (Å²) in [4.78, 5) is 10.9. The molecule has 92 valence electrons. The lowest BCUT2D eigenvalue weighted by Gasteiger charge is -2.06. The zero-order valence-electron chi connectivity index (χ0n) is 9.66. The van der Waals surface area contributed by atoms with Crippen molar-refractivity contribution in [3.8, 4) is 12.3 Å². The highest BCUT2D eigenvalue weighted by Crippen LogP contribution is 1.82.